The van der Waals surface area contributed by atoms with Crippen molar-refractivity contribution in [3.05, 3.63) is 66.2 Å². The normalized spacial score (nSPS) is 18.0. The Labute approximate surface area is 153 Å². The number of nitrogens with zero attached hydrogens (tertiary/aromatic N) is 1. The smallest absolute Gasteiger partial charge is 0.252 e. The van der Waals surface area contributed by atoms with E-state index in [1.807, 2.05) is 67.6 Å². The van der Waals surface area contributed by atoms with E-state index in [0.29, 0.717) is 5.56 Å². The molecule has 1 aliphatic rings. The quantitative estimate of drug-likeness (QED) is 0.770. The van der Waals surface area contributed by atoms with E-state index in [-0.39, 0.29) is 18.1 Å². The third-order valence-electron chi connectivity index (χ3n) is 4.91. The van der Waals surface area contributed by atoms with Crippen molar-refractivity contribution in [1.82, 2.24) is 10.3 Å². The van der Waals surface area contributed by atoms with Crippen molar-refractivity contribution >= 4 is 16.8 Å². The monoisotopic (exact) mass is 346 g/mol. The van der Waals surface area contributed by atoms with Crippen LogP contribution in [0.5, 0.6) is 0 Å². The van der Waals surface area contributed by atoms with Crippen LogP contribution in [0.2, 0.25) is 0 Å². The number of carbonyl (C=O) groups excluding carboxylic acids is 1. The molecule has 1 saturated heterocycles. The fourth-order valence-corrected chi connectivity index (χ4v) is 3.49. The van der Waals surface area contributed by atoms with Gasteiger partial charge >= 0.3 is 0 Å². The summed E-state index contributed by atoms with van der Waals surface area (Å²) in [5.74, 6) is -0.0798. The zero-order chi connectivity index (χ0) is 17.9. The maximum atomic E-state index is 13.0. The number of carbonyl (C=O) groups is 1. The van der Waals surface area contributed by atoms with Gasteiger partial charge in [-0.25, -0.2) is 4.98 Å². The second-order valence-corrected chi connectivity index (χ2v) is 6.75. The summed E-state index contributed by atoms with van der Waals surface area (Å²) in [6, 6.07) is 19.6. The fraction of sp³-hybridized carbons (Fsp3) is 0.273. The van der Waals surface area contributed by atoms with Gasteiger partial charge in [-0.1, -0.05) is 48.5 Å². The number of nitrogens with one attached hydrogen (secondary N) is 1. The Morgan fingerprint density at radius 3 is 2.69 bits per heavy atom. The van der Waals surface area contributed by atoms with Crippen molar-refractivity contribution in [3.63, 3.8) is 0 Å². The third-order valence-corrected chi connectivity index (χ3v) is 4.91. The number of ether oxygens (including phenoxy) is 1. The van der Waals surface area contributed by atoms with Gasteiger partial charge in [0.25, 0.3) is 5.91 Å². The molecule has 2 heterocycles. The number of para-hydroxylation sites is 1. The molecule has 2 aromatic carbocycles. The van der Waals surface area contributed by atoms with Crippen LogP contribution in [-0.2, 0) is 4.74 Å². The summed E-state index contributed by atoms with van der Waals surface area (Å²) in [6.45, 7) is 2.79. The van der Waals surface area contributed by atoms with E-state index in [9.17, 15) is 4.79 Å². The molecule has 0 saturated carbocycles. The minimum absolute atomic E-state index is 0.0166. The van der Waals surface area contributed by atoms with Crippen LogP contribution in [-0.4, -0.2) is 29.6 Å². The topological polar surface area (TPSA) is 51.2 Å². The maximum absolute atomic E-state index is 13.0. The zero-order valence-electron chi connectivity index (χ0n) is 14.8. The molecule has 0 bridgehead atoms. The molecular formula is C22H22N2O2. The fourth-order valence-electron chi connectivity index (χ4n) is 3.49. The van der Waals surface area contributed by atoms with Crippen molar-refractivity contribution < 1.29 is 9.53 Å². The van der Waals surface area contributed by atoms with Gasteiger partial charge in [-0.2, -0.15) is 0 Å². The molecule has 4 nitrogen and oxygen atoms in total. The Kier molecular flexibility index (Phi) is 4.67. The number of hydrogen-bond donors (Lipinski definition) is 1. The van der Waals surface area contributed by atoms with Gasteiger partial charge in [-0.3, -0.25) is 4.79 Å². The number of aromatic nitrogens is 1. The molecule has 4 heteroatoms. The van der Waals surface area contributed by atoms with Gasteiger partial charge in [-0.15, -0.1) is 0 Å². The molecule has 0 unspecified atom stereocenters. The van der Waals surface area contributed by atoms with Crippen LogP contribution in [0.15, 0.2) is 60.7 Å². The Morgan fingerprint density at radius 2 is 1.92 bits per heavy atom. The lowest BCUT2D eigenvalue weighted by molar-refractivity contribution is 0.0713. The van der Waals surface area contributed by atoms with Crippen LogP contribution in [0.3, 0.4) is 0 Å². The second kappa shape index (κ2) is 7.26. The van der Waals surface area contributed by atoms with E-state index in [2.05, 4.69) is 5.32 Å². The van der Waals surface area contributed by atoms with E-state index in [4.69, 9.17) is 9.72 Å². The van der Waals surface area contributed by atoms with E-state index in [1.165, 1.54) is 0 Å². The molecule has 1 fully saturated rings. The lowest BCUT2D eigenvalue weighted by Gasteiger charge is -2.20. The first-order valence-electron chi connectivity index (χ1n) is 9.10. The molecular weight excluding hydrogens is 324 g/mol. The summed E-state index contributed by atoms with van der Waals surface area (Å²) >= 11 is 0. The Hall–Kier alpha value is -2.72. The number of hydrogen-bond acceptors (Lipinski definition) is 3. The molecule has 2 atom stereocenters. The van der Waals surface area contributed by atoms with Crippen molar-refractivity contribution in [2.75, 3.05) is 6.61 Å². The highest BCUT2D eigenvalue weighted by atomic mass is 16.5. The Balaban J connectivity index is 1.71. The molecule has 132 valence electrons. The number of rotatable bonds is 4. The van der Waals surface area contributed by atoms with E-state index >= 15 is 0 Å². The number of benzene rings is 2. The van der Waals surface area contributed by atoms with Crippen molar-refractivity contribution in [1.29, 1.82) is 0 Å². The summed E-state index contributed by atoms with van der Waals surface area (Å²) in [5, 5.41) is 3.98. The largest absolute Gasteiger partial charge is 0.376 e. The SMILES string of the molecule is C[C@H](NC(=O)c1cc(-c2ccccc2)nc2ccccc12)[C@@H]1CCCO1. The van der Waals surface area contributed by atoms with Crippen molar-refractivity contribution in [2.45, 2.75) is 31.9 Å². The predicted octanol–water partition coefficient (Wildman–Crippen LogP) is 4.20. The van der Waals surface area contributed by atoms with Crippen molar-refractivity contribution in [2.24, 2.45) is 0 Å². The molecule has 1 amide bonds. The van der Waals surface area contributed by atoms with Gasteiger partial charge in [0.15, 0.2) is 0 Å². The molecule has 0 aliphatic carbocycles. The molecule has 0 radical (unpaired) electrons. The Bertz CT molecular complexity index is 918. The molecule has 26 heavy (non-hydrogen) atoms. The molecule has 0 spiro atoms. The van der Waals surface area contributed by atoms with Crippen LogP contribution in [0.4, 0.5) is 0 Å². The number of fused-ring (bicyclic) bond motifs is 1. The summed E-state index contributed by atoms with van der Waals surface area (Å²) in [5.41, 5.74) is 3.28. The van der Waals surface area contributed by atoms with Crippen LogP contribution < -0.4 is 5.32 Å². The highest BCUT2D eigenvalue weighted by molar-refractivity contribution is 6.07. The second-order valence-electron chi connectivity index (χ2n) is 6.75. The molecule has 1 aliphatic heterocycles. The maximum Gasteiger partial charge on any atom is 0.252 e. The summed E-state index contributed by atoms with van der Waals surface area (Å²) in [6.07, 6.45) is 2.15. The Morgan fingerprint density at radius 1 is 1.15 bits per heavy atom. The van der Waals surface area contributed by atoms with Crippen LogP contribution in [0, 0.1) is 0 Å². The van der Waals surface area contributed by atoms with Gasteiger partial charge in [0.2, 0.25) is 0 Å². The predicted molar refractivity (Wildman–Crippen MR) is 103 cm³/mol. The summed E-state index contributed by atoms with van der Waals surface area (Å²) < 4.78 is 5.70. The average Bonchev–Trinajstić information content (AvgIpc) is 3.23. The van der Waals surface area contributed by atoms with E-state index in [0.717, 1.165) is 41.6 Å². The zero-order valence-corrected chi connectivity index (χ0v) is 14.8. The third kappa shape index (κ3) is 3.33. The standard InChI is InChI=1S/C22H22N2O2/c1-15(21-12-7-13-26-21)23-22(25)18-14-20(16-8-3-2-4-9-16)24-19-11-6-5-10-17(18)19/h2-6,8-11,14-15,21H,7,12-13H2,1H3,(H,23,25)/t15-,21-/m0/s1. The lowest BCUT2D eigenvalue weighted by atomic mass is 10.0. The van der Waals surface area contributed by atoms with Gasteiger partial charge in [0.1, 0.15) is 0 Å². The number of amides is 1. The molecule has 4 rings (SSSR count). The molecule has 3 aromatic rings. The van der Waals surface area contributed by atoms with Gasteiger partial charge in [-0.05, 0) is 31.9 Å². The van der Waals surface area contributed by atoms with Crippen molar-refractivity contribution in [3.8, 4) is 11.3 Å². The van der Waals surface area contributed by atoms with Crippen LogP contribution in [0.1, 0.15) is 30.1 Å². The minimum atomic E-state index is -0.0798. The van der Waals surface area contributed by atoms with Crippen LogP contribution >= 0.6 is 0 Å². The van der Waals surface area contributed by atoms with Gasteiger partial charge in [0, 0.05) is 17.6 Å². The highest BCUT2D eigenvalue weighted by Crippen LogP contribution is 2.25. The number of pyridine rings is 1. The first-order chi connectivity index (χ1) is 12.7. The highest BCUT2D eigenvalue weighted by Gasteiger charge is 2.25. The van der Waals surface area contributed by atoms with E-state index in [1.54, 1.807) is 0 Å². The lowest BCUT2D eigenvalue weighted by Crippen LogP contribution is -2.40. The van der Waals surface area contributed by atoms with E-state index < -0.39 is 0 Å². The summed E-state index contributed by atoms with van der Waals surface area (Å²) in [4.78, 5) is 17.8. The summed E-state index contributed by atoms with van der Waals surface area (Å²) in [7, 11) is 0. The first kappa shape index (κ1) is 16.7. The molecule has 1 aromatic heterocycles. The average molecular weight is 346 g/mol. The van der Waals surface area contributed by atoms with Crippen LogP contribution in [0.25, 0.3) is 22.2 Å². The molecule has 1 N–H and O–H groups in total. The first-order valence-corrected chi connectivity index (χ1v) is 9.10. The minimum Gasteiger partial charge on any atom is -0.376 e. The van der Waals surface area contributed by atoms with Gasteiger partial charge < -0.3 is 10.1 Å². The van der Waals surface area contributed by atoms with Gasteiger partial charge in [0.05, 0.1) is 28.9 Å².